The number of aromatic amines is 1. The van der Waals surface area contributed by atoms with Gasteiger partial charge in [0, 0.05) is 47.9 Å². The van der Waals surface area contributed by atoms with Crippen molar-refractivity contribution in [1.29, 1.82) is 0 Å². The summed E-state index contributed by atoms with van der Waals surface area (Å²) in [6.45, 7) is 6.66. The van der Waals surface area contributed by atoms with Crippen LogP contribution >= 0.6 is 0 Å². The number of hydrogen-bond acceptors (Lipinski definition) is 3. The lowest BCUT2D eigenvalue weighted by atomic mass is 10.0. The second-order valence-corrected chi connectivity index (χ2v) is 10.8. The Morgan fingerprint density at radius 3 is 2.61 bits per heavy atom. The zero-order chi connectivity index (χ0) is 22.7. The molecule has 5 atom stereocenters. The van der Waals surface area contributed by atoms with Crippen molar-refractivity contribution in [1.82, 2.24) is 9.88 Å². The first-order chi connectivity index (χ1) is 15.9. The van der Waals surface area contributed by atoms with E-state index in [2.05, 4.69) is 22.1 Å². The summed E-state index contributed by atoms with van der Waals surface area (Å²) in [5.41, 5.74) is 1.61. The van der Waals surface area contributed by atoms with Crippen molar-refractivity contribution < 1.29 is 18.3 Å². The number of ether oxygens (including phenoxy) is 1. The number of alkyl halides is 2. The number of anilines is 1. The first kappa shape index (κ1) is 21.4. The maximum atomic E-state index is 13.4. The lowest BCUT2D eigenvalue weighted by Crippen LogP contribution is -2.23. The van der Waals surface area contributed by atoms with Gasteiger partial charge in [-0.25, -0.2) is 8.78 Å². The van der Waals surface area contributed by atoms with E-state index in [1.54, 1.807) is 6.20 Å². The minimum atomic E-state index is -2.54. The molecule has 2 heterocycles. The van der Waals surface area contributed by atoms with Crippen LogP contribution in [0, 0.1) is 35.5 Å². The van der Waals surface area contributed by atoms with Gasteiger partial charge in [-0.3, -0.25) is 4.79 Å². The minimum Gasteiger partial charge on any atom is -0.494 e. The summed E-state index contributed by atoms with van der Waals surface area (Å²) in [4.78, 5) is 18.4. The van der Waals surface area contributed by atoms with Crippen LogP contribution in [-0.4, -0.2) is 48.0 Å². The predicted octanol–water partition coefficient (Wildman–Crippen LogP) is 5.14. The topological polar surface area (TPSA) is 57.4 Å². The number of carbonyl (C=O) groups is 1. The van der Waals surface area contributed by atoms with E-state index in [0.717, 1.165) is 40.8 Å². The molecule has 7 heteroatoms. The molecule has 1 amide bonds. The largest absolute Gasteiger partial charge is 0.494 e. The fourth-order valence-corrected chi connectivity index (χ4v) is 6.91. The van der Waals surface area contributed by atoms with Gasteiger partial charge in [0.25, 0.3) is 5.92 Å². The van der Waals surface area contributed by atoms with Crippen LogP contribution in [0.3, 0.4) is 0 Å². The van der Waals surface area contributed by atoms with E-state index >= 15 is 0 Å². The number of rotatable bonds is 7. The monoisotopic (exact) mass is 457 g/mol. The van der Waals surface area contributed by atoms with Crippen LogP contribution in [0.5, 0.6) is 5.75 Å². The number of carbonyl (C=O) groups excluding carboxylic acids is 1. The zero-order valence-electron chi connectivity index (χ0n) is 19.2. The molecule has 33 heavy (non-hydrogen) atoms. The van der Waals surface area contributed by atoms with E-state index in [1.807, 2.05) is 18.2 Å². The molecule has 1 aromatic heterocycles. The Labute approximate surface area is 193 Å². The second-order valence-electron chi connectivity index (χ2n) is 10.8. The van der Waals surface area contributed by atoms with Gasteiger partial charge in [0.15, 0.2) is 0 Å². The molecular weight excluding hydrogens is 424 g/mol. The lowest BCUT2D eigenvalue weighted by Gasteiger charge is -2.17. The van der Waals surface area contributed by atoms with Gasteiger partial charge in [0.05, 0.1) is 12.3 Å². The van der Waals surface area contributed by atoms with Gasteiger partial charge in [-0.05, 0) is 74.6 Å². The normalized spacial score (nSPS) is 34.4. The molecule has 3 aliphatic carbocycles. The molecule has 0 spiro atoms. The third-order valence-corrected chi connectivity index (χ3v) is 8.89. The SMILES string of the molecule is CCN1C[C@H]2C[C@@H](CCOc3ccc4[nH]cc(NC(=O)C5CC6C(C5)C6(F)F)c4c3)C[C@H]2C1. The molecule has 1 aliphatic heterocycles. The van der Waals surface area contributed by atoms with Crippen LogP contribution < -0.4 is 10.1 Å². The first-order valence-corrected chi connectivity index (χ1v) is 12.6. The Morgan fingerprint density at radius 1 is 1.18 bits per heavy atom. The van der Waals surface area contributed by atoms with Crippen molar-refractivity contribution in [3.05, 3.63) is 24.4 Å². The Morgan fingerprint density at radius 2 is 1.91 bits per heavy atom. The van der Waals surface area contributed by atoms with Gasteiger partial charge in [0.1, 0.15) is 5.75 Å². The van der Waals surface area contributed by atoms with Crippen LogP contribution in [-0.2, 0) is 4.79 Å². The summed E-state index contributed by atoms with van der Waals surface area (Å²) in [6.07, 6.45) is 6.09. The fraction of sp³-hybridized carbons (Fsp3) is 0.654. The van der Waals surface area contributed by atoms with Crippen molar-refractivity contribution in [3.8, 4) is 5.75 Å². The van der Waals surface area contributed by atoms with Gasteiger partial charge in [-0.15, -0.1) is 0 Å². The van der Waals surface area contributed by atoms with Crippen molar-refractivity contribution in [2.75, 3.05) is 31.6 Å². The van der Waals surface area contributed by atoms with Gasteiger partial charge < -0.3 is 19.9 Å². The molecule has 1 saturated heterocycles. The number of nitrogens with zero attached hydrogens (tertiary/aromatic N) is 1. The number of likely N-dealkylation sites (tertiary alicyclic amines) is 1. The predicted molar refractivity (Wildman–Crippen MR) is 124 cm³/mol. The molecule has 0 bridgehead atoms. The first-order valence-electron chi connectivity index (χ1n) is 12.6. The molecule has 3 saturated carbocycles. The number of benzene rings is 1. The number of H-pyrrole nitrogens is 1. The highest BCUT2D eigenvalue weighted by molar-refractivity contribution is 6.02. The van der Waals surface area contributed by atoms with E-state index in [4.69, 9.17) is 4.74 Å². The maximum absolute atomic E-state index is 13.4. The zero-order valence-corrected chi connectivity index (χ0v) is 19.2. The molecule has 4 aliphatic rings. The maximum Gasteiger partial charge on any atom is 0.254 e. The summed E-state index contributed by atoms with van der Waals surface area (Å²) in [5, 5.41) is 3.85. The van der Waals surface area contributed by atoms with Crippen LogP contribution in [0.2, 0.25) is 0 Å². The molecule has 5 nitrogen and oxygen atoms in total. The number of halogens is 2. The Hall–Kier alpha value is -2.15. The minimum absolute atomic E-state index is 0.154. The third kappa shape index (κ3) is 3.82. The summed E-state index contributed by atoms with van der Waals surface area (Å²) >= 11 is 0. The Bertz CT molecular complexity index is 1030. The van der Waals surface area contributed by atoms with E-state index in [1.165, 1.54) is 32.5 Å². The van der Waals surface area contributed by atoms with Crippen LogP contribution in [0.25, 0.3) is 10.9 Å². The van der Waals surface area contributed by atoms with E-state index < -0.39 is 17.8 Å². The number of nitrogens with one attached hydrogen (secondary N) is 2. The summed E-state index contributed by atoms with van der Waals surface area (Å²) in [7, 11) is 0. The molecular formula is C26H33F2N3O2. The van der Waals surface area contributed by atoms with E-state index in [9.17, 15) is 13.6 Å². The highest BCUT2D eigenvalue weighted by Gasteiger charge is 2.72. The number of amides is 1. The Kier molecular flexibility index (Phi) is 5.16. The highest BCUT2D eigenvalue weighted by Crippen LogP contribution is 2.65. The van der Waals surface area contributed by atoms with E-state index in [0.29, 0.717) is 25.1 Å². The number of hydrogen-bond donors (Lipinski definition) is 2. The average Bonchev–Trinajstić information content (AvgIpc) is 3.39. The molecule has 1 aromatic carbocycles. The van der Waals surface area contributed by atoms with Crippen LogP contribution in [0.4, 0.5) is 14.5 Å². The van der Waals surface area contributed by atoms with Crippen LogP contribution in [0.15, 0.2) is 24.4 Å². The van der Waals surface area contributed by atoms with Crippen molar-refractivity contribution in [2.24, 2.45) is 35.5 Å². The molecule has 2 N–H and O–H groups in total. The smallest absolute Gasteiger partial charge is 0.254 e. The summed E-state index contributed by atoms with van der Waals surface area (Å²) < 4.78 is 33.0. The number of aromatic nitrogens is 1. The summed E-state index contributed by atoms with van der Waals surface area (Å²) in [6, 6.07) is 5.88. The summed E-state index contributed by atoms with van der Waals surface area (Å²) in [5.74, 6) is -0.912. The molecule has 2 aromatic rings. The van der Waals surface area contributed by atoms with Gasteiger partial charge in [-0.1, -0.05) is 6.92 Å². The lowest BCUT2D eigenvalue weighted by molar-refractivity contribution is -0.120. The third-order valence-electron chi connectivity index (χ3n) is 8.89. The molecule has 178 valence electrons. The molecule has 2 unspecified atom stereocenters. The van der Waals surface area contributed by atoms with Gasteiger partial charge >= 0.3 is 0 Å². The van der Waals surface area contributed by atoms with Crippen LogP contribution in [0.1, 0.15) is 39.0 Å². The van der Waals surface area contributed by atoms with Crippen molar-refractivity contribution >= 4 is 22.5 Å². The van der Waals surface area contributed by atoms with Crippen molar-refractivity contribution in [3.63, 3.8) is 0 Å². The van der Waals surface area contributed by atoms with Crippen molar-refractivity contribution in [2.45, 2.75) is 45.0 Å². The average molecular weight is 458 g/mol. The fourth-order valence-electron chi connectivity index (χ4n) is 6.91. The van der Waals surface area contributed by atoms with E-state index in [-0.39, 0.29) is 11.8 Å². The number of fused-ring (bicyclic) bond motifs is 3. The highest BCUT2D eigenvalue weighted by atomic mass is 19.3. The second kappa shape index (κ2) is 7.97. The molecule has 6 rings (SSSR count). The Balaban J connectivity index is 1.03. The van der Waals surface area contributed by atoms with Gasteiger partial charge in [0.2, 0.25) is 5.91 Å². The quantitative estimate of drug-likeness (QED) is 0.605. The molecule has 0 radical (unpaired) electrons. The van der Waals surface area contributed by atoms with Gasteiger partial charge in [-0.2, -0.15) is 0 Å². The molecule has 4 fully saturated rings. The standard InChI is InChI=1S/C26H33F2N3O2/c1-2-31-13-17-7-15(8-18(17)14-31)5-6-33-19-3-4-23-20(11-19)24(12-29-23)30-25(32)16-9-21-22(10-16)26(21,27)28/h3-4,11-12,15-18,21-22,29H,2,5-10,13-14H2,1H3,(H,30,32)/t15-,16?,17-,18+,21?,22?.